The molecule has 1 N–H and O–H groups in total. The van der Waals surface area contributed by atoms with Gasteiger partial charge in [0.1, 0.15) is 5.75 Å². The van der Waals surface area contributed by atoms with Gasteiger partial charge in [-0.3, -0.25) is 0 Å². The topological polar surface area (TPSA) is 69.0 Å². The quantitative estimate of drug-likeness (QED) is 0.392. The molecule has 0 amide bonds. The van der Waals surface area contributed by atoms with Crippen LogP contribution in [-0.2, 0) is 0 Å². The minimum atomic E-state index is 0.0480. The lowest BCUT2D eigenvalue weighted by Gasteiger charge is -1.95. The van der Waals surface area contributed by atoms with Gasteiger partial charge in [-0.25, -0.2) is 0 Å². The smallest absolute Gasteiger partial charge is 0.117 e. The molecule has 1 rings (SSSR count). The highest BCUT2D eigenvalue weighted by molar-refractivity contribution is 6.33. The normalized spacial score (nSPS) is 8.82. The fourth-order valence-electron chi connectivity index (χ4n) is 0.625. The second kappa shape index (κ2) is 3.14. The van der Waals surface area contributed by atoms with Crippen molar-refractivity contribution in [2.75, 3.05) is 0 Å². The summed E-state index contributed by atoms with van der Waals surface area (Å²) in [6, 6.07) is 4.15. The van der Waals surface area contributed by atoms with Gasteiger partial charge in [-0.2, -0.15) is 0 Å². The van der Waals surface area contributed by atoms with Gasteiger partial charge in [0, 0.05) is 4.91 Å². The van der Waals surface area contributed by atoms with Crippen LogP contribution < -0.4 is 0 Å². The molecule has 11 heavy (non-hydrogen) atoms. The van der Waals surface area contributed by atoms with Crippen LogP contribution in [0.4, 0.5) is 5.69 Å². The molecule has 0 fully saturated rings. The Kier molecular flexibility index (Phi) is 2.21. The average molecular weight is 170 g/mol. The standard InChI is InChI=1S/C6H4ClN3O/c7-5-3-4(11)1-2-6(5)9-10-8/h1-3,11H. The fraction of sp³-hybridized carbons (Fsp3) is 0. The van der Waals surface area contributed by atoms with Gasteiger partial charge in [0.05, 0.1) is 10.7 Å². The molecule has 0 unspecified atom stereocenters. The maximum absolute atomic E-state index is 8.89. The van der Waals surface area contributed by atoms with E-state index in [0.29, 0.717) is 5.69 Å². The third-order valence-electron chi connectivity index (χ3n) is 1.08. The predicted octanol–water partition coefficient (Wildman–Crippen LogP) is 2.99. The van der Waals surface area contributed by atoms with E-state index in [1.54, 1.807) is 0 Å². The summed E-state index contributed by atoms with van der Waals surface area (Å²) < 4.78 is 0. The number of rotatable bonds is 1. The van der Waals surface area contributed by atoms with Crippen LogP contribution in [0.2, 0.25) is 5.02 Å². The Balaban J connectivity index is 3.19. The Bertz CT molecular complexity index is 320. The van der Waals surface area contributed by atoms with E-state index in [1.165, 1.54) is 18.2 Å². The number of hydrogen-bond acceptors (Lipinski definition) is 2. The number of phenolic OH excluding ortho intramolecular Hbond substituents is 1. The van der Waals surface area contributed by atoms with Gasteiger partial charge in [0.15, 0.2) is 0 Å². The summed E-state index contributed by atoms with van der Waals surface area (Å²) in [5, 5.41) is 12.4. The third kappa shape index (κ3) is 1.77. The van der Waals surface area contributed by atoms with Crippen LogP contribution in [0.1, 0.15) is 0 Å². The summed E-state index contributed by atoms with van der Waals surface area (Å²) in [7, 11) is 0. The summed E-state index contributed by atoms with van der Waals surface area (Å²) in [6.45, 7) is 0. The molecule has 0 spiro atoms. The minimum Gasteiger partial charge on any atom is -0.508 e. The van der Waals surface area contributed by atoms with Gasteiger partial charge in [-0.05, 0) is 23.7 Å². The van der Waals surface area contributed by atoms with Gasteiger partial charge in [0.2, 0.25) is 0 Å². The number of phenols is 1. The summed E-state index contributed by atoms with van der Waals surface area (Å²) in [4.78, 5) is 2.56. The summed E-state index contributed by atoms with van der Waals surface area (Å²) in [5.74, 6) is 0.0480. The molecule has 0 aliphatic heterocycles. The lowest BCUT2D eigenvalue weighted by atomic mass is 10.3. The number of aromatic hydroxyl groups is 1. The van der Waals surface area contributed by atoms with Crippen LogP contribution in [0.25, 0.3) is 10.4 Å². The van der Waals surface area contributed by atoms with Crippen LogP contribution >= 0.6 is 11.6 Å². The van der Waals surface area contributed by atoms with Crippen LogP contribution in [0.3, 0.4) is 0 Å². The zero-order valence-electron chi connectivity index (χ0n) is 5.40. The number of nitrogens with zero attached hydrogens (tertiary/aromatic N) is 3. The molecule has 0 bridgehead atoms. The van der Waals surface area contributed by atoms with Crippen LogP contribution in [0.5, 0.6) is 5.75 Å². The zero-order valence-corrected chi connectivity index (χ0v) is 6.15. The minimum absolute atomic E-state index is 0.0480. The van der Waals surface area contributed by atoms with Gasteiger partial charge in [0.25, 0.3) is 0 Å². The van der Waals surface area contributed by atoms with Crippen molar-refractivity contribution >= 4 is 17.3 Å². The first kappa shape index (κ1) is 7.72. The van der Waals surface area contributed by atoms with E-state index in [2.05, 4.69) is 10.0 Å². The molecule has 0 aliphatic carbocycles. The second-order valence-corrected chi connectivity index (χ2v) is 2.23. The Labute approximate surface area is 67.7 Å². The molecule has 4 nitrogen and oxygen atoms in total. The van der Waals surface area contributed by atoms with Crippen molar-refractivity contribution in [3.8, 4) is 5.75 Å². The fourth-order valence-corrected chi connectivity index (χ4v) is 0.838. The van der Waals surface area contributed by atoms with Crippen molar-refractivity contribution < 1.29 is 5.11 Å². The highest BCUT2D eigenvalue weighted by Gasteiger charge is 1.97. The van der Waals surface area contributed by atoms with Crippen molar-refractivity contribution in [1.29, 1.82) is 0 Å². The maximum Gasteiger partial charge on any atom is 0.117 e. The van der Waals surface area contributed by atoms with Gasteiger partial charge >= 0.3 is 0 Å². The molecule has 0 aromatic heterocycles. The second-order valence-electron chi connectivity index (χ2n) is 1.83. The molecule has 0 heterocycles. The number of halogens is 1. The molecular weight excluding hydrogens is 166 g/mol. The van der Waals surface area contributed by atoms with Crippen LogP contribution in [0, 0.1) is 0 Å². The number of benzene rings is 1. The van der Waals surface area contributed by atoms with Gasteiger partial charge in [-0.1, -0.05) is 16.7 Å². The highest BCUT2D eigenvalue weighted by Crippen LogP contribution is 2.28. The van der Waals surface area contributed by atoms with E-state index in [0.717, 1.165) is 0 Å². The van der Waals surface area contributed by atoms with Gasteiger partial charge in [-0.15, -0.1) is 0 Å². The Morgan fingerprint density at radius 1 is 1.55 bits per heavy atom. The van der Waals surface area contributed by atoms with Crippen LogP contribution in [0.15, 0.2) is 23.3 Å². The SMILES string of the molecule is [N-]=[N+]=Nc1ccc(O)cc1Cl. The first-order valence-electron chi connectivity index (χ1n) is 2.77. The van der Waals surface area contributed by atoms with Crippen LogP contribution in [-0.4, -0.2) is 5.11 Å². The van der Waals surface area contributed by atoms with Crippen molar-refractivity contribution in [3.05, 3.63) is 33.7 Å². The zero-order chi connectivity index (χ0) is 8.27. The summed E-state index contributed by atoms with van der Waals surface area (Å²) >= 11 is 5.58. The first-order chi connectivity index (χ1) is 5.24. The molecule has 0 radical (unpaired) electrons. The molecule has 0 atom stereocenters. The molecule has 0 saturated carbocycles. The van der Waals surface area contributed by atoms with E-state index in [1.807, 2.05) is 0 Å². The molecule has 1 aromatic rings. The molecule has 0 aliphatic rings. The van der Waals surface area contributed by atoms with E-state index in [4.69, 9.17) is 22.2 Å². The average Bonchev–Trinajstić information content (AvgIpc) is 1.95. The Morgan fingerprint density at radius 2 is 2.27 bits per heavy atom. The van der Waals surface area contributed by atoms with Crippen molar-refractivity contribution in [2.45, 2.75) is 0 Å². The number of azide groups is 1. The molecule has 5 heteroatoms. The van der Waals surface area contributed by atoms with Gasteiger partial charge < -0.3 is 5.11 Å². The lowest BCUT2D eigenvalue weighted by Crippen LogP contribution is -1.66. The Morgan fingerprint density at radius 3 is 2.82 bits per heavy atom. The molecule has 0 saturated heterocycles. The Hall–Kier alpha value is -1.38. The summed E-state index contributed by atoms with van der Waals surface area (Å²) in [6.07, 6.45) is 0. The van der Waals surface area contributed by atoms with E-state index < -0.39 is 0 Å². The summed E-state index contributed by atoms with van der Waals surface area (Å²) in [5.41, 5.74) is 8.36. The van der Waals surface area contributed by atoms with Crippen molar-refractivity contribution in [2.24, 2.45) is 5.11 Å². The molecular formula is C6H4ClN3O. The highest BCUT2D eigenvalue weighted by atomic mass is 35.5. The van der Waals surface area contributed by atoms with Crippen molar-refractivity contribution in [3.63, 3.8) is 0 Å². The maximum atomic E-state index is 8.89. The molecule has 1 aromatic carbocycles. The predicted molar refractivity (Wildman–Crippen MR) is 41.9 cm³/mol. The lowest BCUT2D eigenvalue weighted by molar-refractivity contribution is 0.475. The third-order valence-corrected chi connectivity index (χ3v) is 1.39. The first-order valence-corrected chi connectivity index (χ1v) is 3.15. The van der Waals surface area contributed by atoms with E-state index in [9.17, 15) is 0 Å². The largest absolute Gasteiger partial charge is 0.508 e. The number of hydrogen-bond donors (Lipinski definition) is 1. The monoisotopic (exact) mass is 169 g/mol. The van der Waals surface area contributed by atoms with Crippen molar-refractivity contribution in [1.82, 2.24) is 0 Å². The molecule has 56 valence electrons. The van der Waals surface area contributed by atoms with E-state index >= 15 is 0 Å². The van der Waals surface area contributed by atoms with E-state index in [-0.39, 0.29) is 10.8 Å².